The highest BCUT2D eigenvalue weighted by molar-refractivity contribution is 5.75. The molecule has 1 heterocycles. The van der Waals surface area contributed by atoms with Gasteiger partial charge in [0.1, 0.15) is 6.10 Å². The zero-order valence-corrected chi connectivity index (χ0v) is 7.92. The zero-order valence-electron chi connectivity index (χ0n) is 7.92. The maximum atomic E-state index is 12.4. The van der Waals surface area contributed by atoms with E-state index in [1.807, 2.05) is 0 Å². The summed E-state index contributed by atoms with van der Waals surface area (Å²) < 4.78 is 16.7. The predicted molar refractivity (Wildman–Crippen MR) is 47.2 cm³/mol. The largest absolute Gasteiger partial charge is 0.467 e. The minimum Gasteiger partial charge on any atom is -0.467 e. The number of methoxy groups -OCH3 is 1. The number of carbonyl (C=O) groups is 1. The van der Waals surface area contributed by atoms with Gasteiger partial charge in [-0.2, -0.15) is 4.39 Å². The van der Waals surface area contributed by atoms with Crippen LogP contribution in [0.3, 0.4) is 0 Å². The molecule has 82 valence electrons. The van der Waals surface area contributed by atoms with Gasteiger partial charge in [-0.15, -0.1) is 0 Å². The van der Waals surface area contributed by atoms with Crippen molar-refractivity contribution in [3.8, 4) is 0 Å². The zero-order chi connectivity index (χ0) is 11.4. The third kappa shape index (κ3) is 2.71. The predicted octanol–water partition coefficient (Wildman–Crippen LogP) is -0.212. The number of aromatic nitrogens is 1. The van der Waals surface area contributed by atoms with Crippen molar-refractivity contribution < 1.29 is 24.1 Å². The average Bonchev–Trinajstić information content (AvgIpc) is 2.27. The molecule has 0 spiro atoms. The molecule has 0 bridgehead atoms. The molecule has 1 rings (SSSR count). The molecule has 0 aliphatic carbocycles. The van der Waals surface area contributed by atoms with Crippen LogP contribution in [0.25, 0.3) is 0 Å². The van der Waals surface area contributed by atoms with E-state index in [4.69, 9.17) is 0 Å². The van der Waals surface area contributed by atoms with E-state index in [0.717, 1.165) is 19.4 Å². The summed E-state index contributed by atoms with van der Waals surface area (Å²) in [6.07, 6.45) is -2.15. The van der Waals surface area contributed by atoms with Gasteiger partial charge in [-0.1, -0.05) is 6.07 Å². The molecule has 0 radical (unpaired) electrons. The van der Waals surface area contributed by atoms with E-state index in [2.05, 4.69) is 9.72 Å². The number of aliphatic hydroxyl groups excluding tert-OH is 2. The second-order valence-corrected chi connectivity index (χ2v) is 2.83. The number of halogens is 1. The van der Waals surface area contributed by atoms with Crippen LogP contribution in [0.1, 0.15) is 11.7 Å². The van der Waals surface area contributed by atoms with Crippen molar-refractivity contribution in [2.75, 3.05) is 7.11 Å². The van der Waals surface area contributed by atoms with E-state index in [0.29, 0.717) is 0 Å². The molecule has 5 nitrogen and oxygen atoms in total. The van der Waals surface area contributed by atoms with Gasteiger partial charge in [-0.25, -0.2) is 9.78 Å². The summed E-state index contributed by atoms with van der Waals surface area (Å²) >= 11 is 0. The first kappa shape index (κ1) is 11.5. The lowest BCUT2D eigenvalue weighted by Gasteiger charge is -2.15. The average molecular weight is 215 g/mol. The van der Waals surface area contributed by atoms with Crippen LogP contribution < -0.4 is 0 Å². The highest BCUT2D eigenvalue weighted by atomic mass is 19.1. The molecule has 2 unspecified atom stereocenters. The minimum absolute atomic E-state index is 0.134. The van der Waals surface area contributed by atoms with Crippen LogP contribution in [0.4, 0.5) is 4.39 Å². The van der Waals surface area contributed by atoms with Crippen LogP contribution in [-0.4, -0.2) is 34.4 Å². The van der Waals surface area contributed by atoms with Crippen LogP contribution in [-0.2, 0) is 9.53 Å². The number of esters is 1. The van der Waals surface area contributed by atoms with E-state index >= 15 is 0 Å². The third-order valence-corrected chi connectivity index (χ3v) is 1.83. The van der Waals surface area contributed by atoms with Gasteiger partial charge in [-0.05, 0) is 6.07 Å². The summed E-state index contributed by atoms with van der Waals surface area (Å²) in [4.78, 5) is 14.1. The van der Waals surface area contributed by atoms with Crippen molar-refractivity contribution in [2.45, 2.75) is 12.2 Å². The molecule has 2 N–H and O–H groups in total. The number of rotatable bonds is 3. The van der Waals surface area contributed by atoms with Crippen LogP contribution in [0.15, 0.2) is 18.3 Å². The van der Waals surface area contributed by atoms with E-state index in [1.165, 1.54) is 6.07 Å². The Balaban J connectivity index is 2.80. The van der Waals surface area contributed by atoms with Crippen molar-refractivity contribution in [1.82, 2.24) is 4.98 Å². The summed E-state index contributed by atoms with van der Waals surface area (Å²) in [6.45, 7) is 0. The summed E-state index contributed by atoms with van der Waals surface area (Å²) in [5, 5.41) is 18.7. The molecule has 0 amide bonds. The maximum absolute atomic E-state index is 12.4. The standard InChI is InChI=1S/C9H10FNO4/c1-15-9(14)8(13)7(12)5-2-3-6(10)11-4-5/h2-4,7-8,12-13H,1H3. The summed E-state index contributed by atoms with van der Waals surface area (Å²) in [7, 11) is 1.08. The van der Waals surface area contributed by atoms with Gasteiger partial charge in [0, 0.05) is 11.8 Å². The van der Waals surface area contributed by atoms with Crippen molar-refractivity contribution in [1.29, 1.82) is 0 Å². The molecule has 1 aromatic heterocycles. The van der Waals surface area contributed by atoms with Gasteiger partial charge in [0.15, 0.2) is 6.10 Å². The van der Waals surface area contributed by atoms with Crippen LogP contribution in [0, 0.1) is 5.95 Å². The Labute approximate surface area is 85.1 Å². The first-order valence-electron chi connectivity index (χ1n) is 4.11. The van der Waals surface area contributed by atoms with Crippen molar-refractivity contribution >= 4 is 5.97 Å². The molecular formula is C9H10FNO4. The van der Waals surface area contributed by atoms with Crippen molar-refractivity contribution in [3.63, 3.8) is 0 Å². The van der Waals surface area contributed by atoms with Crippen molar-refractivity contribution in [3.05, 3.63) is 29.8 Å². The van der Waals surface area contributed by atoms with E-state index in [1.54, 1.807) is 0 Å². The molecule has 0 saturated heterocycles. The molecule has 0 fully saturated rings. The van der Waals surface area contributed by atoms with E-state index in [9.17, 15) is 19.4 Å². The molecule has 15 heavy (non-hydrogen) atoms. The number of nitrogens with zero attached hydrogens (tertiary/aromatic N) is 1. The first-order chi connectivity index (χ1) is 7.06. The van der Waals surface area contributed by atoms with Crippen LogP contribution >= 0.6 is 0 Å². The lowest BCUT2D eigenvalue weighted by Crippen LogP contribution is -2.29. The Hall–Kier alpha value is -1.53. The molecule has 2 atom stereocenters. The highest BCUT2D eigenvalue weighted by Gasteiger charge is 2.26. The minimum atomic E-state index is -1.71. The smallest absolute Gasteiger partial charge is 0.337 e. The van der Waals surface area contributed by atoms with Gasteiger partial charge in [0.25, 0.3) is 0 Å². The third-order valence-electron chi connectivity index (χ3n) is 1.83. The molecular weight excluding hydrogens is 205 g/mol. The number of pyridine rings is 1. The van der Waals surface area contributed by atoms with Crippen molar-refractivity contribution in [2.24, 2.45) is 0 Å². The highest BCUT2D eigenvalue weighted by Crippen LogP contribution is 2.16. The number of ether oxygens (including phenoxy) is 1. The summed E-state index contributed by atoms with van der Waals surface area (Å²) in [5.74, 6) is -1.68. The molecule has 6 heteroatoms. The quantitative estimate of drug-likeness (QED) is 0.538. The van der Waals surface area contributed by atoms with Gasteiger partial charge in [0.05, 0.1) is 7.11 Å². The lowest BCUT2D eigenvalue weighted by atomic mass is 10.1. The fourth-order valence-corrected chi connectivity index (χ4v) is 0.994. The van der Waals surface area contributed by atoms with Gasteiger partial charge in [-0.3, -0.25) is 0 Å². The SMILES string of the molecule is COC(=O)C(O)C(O)c1ccc(F)nc1. The fraction of sp³-hybridized carbons (Fsp3) is 0.333. The molecule has 0 aromatic carbocycles. The summed E-state index contributed by atoms with van der Waals surface area (Å²) in [6, 6.07) is 2.24. The van der Waals surface area contributed by atoms with E-state index in [-0.39, 0.29) is 5.56 Å². The van der Waals surface area contributed by atoms with Gasteiger partial charge in [0.2, 0.25) is 5.95 Å². The Kier molecular flexibility index (Phi) is 3.70. The molecule has 1 aromatic rings. The second-order valence-electron chi connectivity index (χ2n) is 2.83. The lowest BCUT2D eigenvalue weighted by molar-refractivity contribution is -0.156. The maximum Gasteiger partial charge on any atom is 0.337 e. The van der Waals surface area contributed by atoms with Crippen LogP contribution in [0.5, 0.6) is 0 Å². The van der Waals surface area contributed by atoms with Crippen LogP contribution in [0.2, 0.25) is 0 Å². The number of aliphatic hydroxyl groups is 2. The number of carbonyl (C=O) groups excluding carboxylic acids is 1. The molecule has 0 aliphatic heterocycles. The Bertz CT molecular complexity index is 340. The Morgan fingerprint density at radius 3 is 2.67 bits per heavy atom. The first-order valence-corrected chi connectivity index (χ1v) is 4.11. The van der Waals surface area contributed by atoms with Gasteiger partial charge >= 0.3 is 5.97 Å². The normalized spacial score (nSPS) is 14.4. The second kappa shape index (κ2) is 4.81. The van der Waals surface area contributed by atoms with E-state index < -0.39 is 24.1 Å². The molecule has 0 saturated carbocycles. The van der Waals surface area contributed by atoms with Gasteiger partial charge < -0.3 is 14.9 Å². The molecule has 0 aliphatic rings. The Morgan fingerprint density at radius 1 is 1.53 bits per heavy atom. The number of hydrogen-bond acceptors (Lipinski definition) is 5. The number of hydrogen-bond donors (Lipinski definition) is 2. The fourth-order valence-electron chi connectivity index (χ4n) is 0.994. The monoisotopic (exact) mass is 215 g/mol. The topological polar surface area (TPSA) is 79.7 Å². The Morgan fingerprint density at radius 2 is 2.20 bits per heavy atom. The summed E-state index contributed by atoms with van der Waals surface area (Å²) in [5.41, 5.74) is 0.134.